The van der Waals surface area contributed by atoms with Gasteiger partial charge in [0.2, 0.25) is 0 Å². The maximum absolute atomic E-state index is 12.2. The Morgan fingerprint density at radius 2 is 2.10 bits per heavy atom. The van der Waals surface area contributed by atoms with Crippen LogP contribution in [-0.2, 0) is 9.53 Å². The van der Waals surface area contributed by atoms with Gasteiger partial charge in [0.05, 0.1) is 18.6 Å². The number of benzene rings is 1. The number of halogens is 1. The molecule has 110 valence electrons. The molecule has 2 N–H and O–H groups in total. The summed E-state index contributed by atoms with van der Waals surface area (Å²) in [6.07, 6.45) is -0.199. The van der Waals surface area contributed by atoms with Crippen LogP contribution < -0.4 is 5.32 Å². The van der Waals surface area contributed by atoms with E-state index in [9.17, 15) is 9.59 Å². The fourth-order valence-electron chi connectivity index (χ4n) is 1.86. The third-order valence-corrected chi connectivity index (χ3v) is 4.02. The molecule has 0 fully saturated rings. The fraction of sp³-hybridized carbons (Fsp3) is 0.429. The lowest BCUT2D eigenvalue weighted by Crippen LogP contribution is -2.50. The molecule has 1 rings (SSSR count). The molecule has 1 amide bonds. The van der Waals surface area contributed by atoms with Crippen molar-refractivity contribution in [3.8, 4) is 0 Å². The van der Waals surface area contributed by atoms with E-state index in [1.807, 2.05) is 13.0 Å². The minimum Gasteiger partial charge on any atom is -0.481 e. The highest BCUT2D eigenvalue weighted by molar-refractivity contribution is 14.1. The SMILES string of the molecule is COCC(C)(CC(=O)O)NC(=O)c1ccc(C)c(I)c1. The van der Waals surface area contributed by atoms with E-state index >= 15 is 0 Å². The van der Waals surface area contributed by atoms with Crippen LogP contribution >= 0.6 is 22.6 Å². The van der Waals surface area contributed by atoms with Crippen molar-refractivity contribution in [2.75, 3.05) is 13.7 Å². The first kappa shape index (κ1) is 16.9. The van der Waals surface area contributed by atoms with E-state index in [2.05, 4.69) is 27.9 Å². The molecule has 6 heteroatoms. The van der Waals surface area contributed by atoms with E-state index in [1.54, 1.807) is 19.1 Å². The first-order chi connectivity index (χ1) is 9.27. The summed E-state index contributed by atoms with van der Waals surface area (Å²) in [5.74, 6) is -1.29. The second-order valence-corrected chi connectivity index (χ2v) is 6.14. The van der Waals surface area contributed by atoms with E-state index in [4.69, 9.17) is 9.84 Å². The summed E-state index contributed by atoms with van der Waals surface area (Å²) in [6.45, 7) is 3.75. The highest BCUT2D eigenvalue weighted by Crippen LogP contribution is 2.16. The van der Waals surface area contributed by atoms with Crippen molar-refractivity contribution in [1.29, 1.82) is 0 Å². The number of carboxylic acid groups (broad SMARTS) is 1. The smallest absolute Gasteiger partial charge is 0.305 e. The number of hydrogen-bond acceptors (Lipinski definition) is 3. The van der Waals surface area contributed by atoms with E-state index < -0.39 is 11.5 Å². The molecule has 1 aromatic rings. The second kappa shape index (κ2) is 7.03. The topological polar surface area (TPSA) is 75.6 Å². The van der Waals surface area contributed by atoms with Crippen molar-refractivity contribution in [2.45, 2.75) is 25.8 Å². The van der Waals surface area contributed by atoms with Crippen LogP contribution in [0.3, 0.4) is 0 Å². The van der Waals surface area contributed by atoms with Crippen molar-refractivity contribution in [2.24, 2.45) is 0 Å². The van der Waals surface area contributed by atoms with Crippen LogP contribution in [0.1, 0.15) is 29.3 Å². The number of hydrogen-bond donors (Lipinski definition) is 2. The van der Waals surface area contributed by atoms with Gasteiger partial charge >= 0.3 is 5.97 Å². The lowest BCUT2D eigenvalue weighted by Gasteiger charge is -2.28. The molecule has 0 aliphatic rings. The number of rotatable bonds is 6. The minimum atomic E-state index is -0.983. The number of ether oxygens (including phenoxy) is 1. The van der Waals surface area contributed by atoms with Crippen LogP contribution in [0.2, 0.25) is 0 Å². The zero-order valence-corrected chi connectivity index (χ0v) is 13.9. The Morgan fingerprint density at radius 1 is 1.45 bits per heavy atom. The van der Waals surface area contributed by atoms with Gasteiger partial charge in [-0.25, -0.2) is 0 Å². The predicted molar refractivity (Wildman–Crippen MR) is 83.9 cm³/mol. The summed E-state index contributed by atoms with van der Waals surface area (Å²) in [4.78, 5) is 23.1. The van der Waals surface area contributed by atoms with Gasteiger partial charge in [-0.15, -0.1) is 0 Å². The molecule has 0 spiro atoms. The summed E-state index contributed by atoms with van der Waals surface area (Å²) in [5, 5.41) is 11.7. The maximum atomic E-state index is 12.2. The van der Waals surface area contributed by atoms with Crippen molar-refractivity contribution >= 4 is 34.5 Å². The number of carboxylic acids is 1. The molecule has 1 unspecified atom stereocenters. The Labute approximate surface area is 131 Å². The van der Waals surface area contributed by atoms with Crippen molar-refractivity contribution < 1.29 is 19.4 Å². The number of carbonyl (C=O) groups is 2. The average molecular weight is 391 g/mol. The van der Waals surface area contributed by atoms with Gasteiger partial charge in [-0.05, 0) is 54.1 Å². The summed E-state index contributed by atoms with van der Waals surface area (Å²) in [5.41, 5.74) is 0.661. The molecule has 0 aliphatic carbocycles. The number of aliphatic carboxylic acids is 1. The van der Waals surface area contributed by atoms with E-state index in [1.165, 1.54) is 7.11 Å². The number of aryl methyl sites for hydroxylation is 1. The quantitative estimate of drug-likeness (QED) is 0.730. The largest absolute Gasteiger partial charge is 0.481 e. The molecule has 5 nitrogen and oxygen atoms in total. The molecule has 0 heterocycles. The van der Waals surface area contributed by atoms with E-state index in [-0.39, 0.29) is 18.9 Å². The van der Waals surface area contributed by atoms with Crippen LogP contribution in [0.25, 0.3) is 0 Å². The van der Waals surface area contributed by atoms with Gasteiger partial charge in [0, 0.05) is 16.2 Å². The first-order valence-corrected chi connectivity index (χ1v) is 7.15. The van der Waals surface area contributed by atoms with Gasteiger partial charge in [0.15, 0.2) is 0 Å². The van der Waals surface area contributed by atoms with Gasteiger partial charge in [-0.1, -0.05) is 6.07 Å². The standard InChI is InChI=1S/C14H18INO4/c1-9-4-5-10(6-11(9)15)13(19)16-14(2,8-20-3)7-12(17)18/h4-6H,7-8H2,1-3H3,(H,16,19)(H,17,18). The molecule has 0 saturated heterocycles. The van der Waals surface area contributed by atoms with Crippen molar-refractivity contribution in [3.05, 3.63) is 32.9 Å². The Morgan fingerprint density at radius 3 is 2.60 bits per heavy atom. The van der Waals surface area contributed by atoms with E-state index in [0.717, 1.165) is 9.13 Å². The van der Waals surface area contributed by atoms with Gasteiger partial charge in [-0.3, -0.25) is 9.59 Å². The third kappa shape index (κ3) is 4.75. The van der Waals surface area contributed by atoms with Gasteiger partial charge in [0.25, 0.3) is 5.91 Å². The zero-order chi connectivity index (χ0) is 15.3. The monoisotopic (exact) mass is 391 g/mol. The average Bonchev–Trinajstić information content (AvgIpc) is 2.31. The summed E-state index contributed by atoms with van der Waals surface area (Å²) in [6, 6.07) is 5.36. The lowest BCUT2D eigenvalue weighted by atomic mass is 9.98. The second-order valence-electron chi connectivity index (χ2n) is 4.98. The van der Waals surface area contributed by atoms with Crippen molar-refractivity contribution in [1.82, 2.24) is 5.32 Å². The highest BCUT2D eigenvalue weighted by atomic mass is 127. The maximum Gasteiger partial charge on any atom is 0.305 e. The molecule has 0 bridgehead atoms. The molecule has 0 saturated carbocycles. The molecule has 0 aliphatic heterocycles. The molecule has 1 aromatic carbocycles. The van der Waals surface area contributed by atoms with Gasteiger partial charge < -0.3 is 15.2 Å². The molecular formula is C14H18INO4. The Kier molecular flexibility index (Phi) is 5.94. The summed E-state index contributed by atoms with van der Waals surface area (Å²) >= 11 is 2.16. The molecule has 20 heavy (non-hydrogen) atoms. The van der Waals surface area contributed by atoms with Gasteiger partial charge in [0.1, 0.15) is 0 Å². The predicted octanol–water partition coefficient (Wildman–Crippen LogP) is 2.21. The highest BCUT2D eigenvalue weighted by Gasteiger charge is 2.30. The number of amides is 1. The van der Waals surface area contributed by atoms with Crippen LogP contribution in [0, 0.1) is 10.5 Å². The Hall–Kier alpha value is -1.15. The van der Waals surface area contributed by atoms with Crippen LogP contribution in [0.15, 0.2) is 18.2 Å². The number of carbonyl (C=O) groups excluding carboxylic acids is 1. The van der Waals surface area contributed by atoms with Crippen molar-refractivity contribution in [3.63, 3.8) is 0 Å². The van der Waals surface area contributed by atoms with Gasteiger partial charge in [-0.2, -0.15) is 0 Å². The Balaban J connectivity index is 2.89. The summed E-state index contributed by atoms with van der Waals surface area (Å²) in [7, 11) is 1.47. The Bertz CT molecular complexity index is 518. The number of methoxy groups -OCH3 is 1. The summed E-state index contributed by atoms with van der Waals surface area (Å²) < 4.78 is 6.00. The fourth-order valence-corrected chi connectivity index (χ4v) is 2.38. The lowest BCUT2D eigenvalue weighted by molar-refractivity contribution is -0.139. The van der Waals surface area contributed by atoms with E-state index in [0.29, 0.717) is 5.56 Å². The van der Waals surface area contributed by atoms with Crippen LogP contribution in [0.5, 0.6) is 0 Å². The third-order valence-electron chi connectivity index (χ3n) is 2.85. The molecule has 0 aromatic heterocycles. The molecule has 1 atom stereocenters. The number of nitrogens with one attached hydrogen (secondary N) is 1. The molecular weight excluding hydrogens is 373 g/mol. The zero-order valence-electron chi connectivity index (χ0n) is 11.7. The normalized spacial score (nSPS) is 13.6. The molecule has 0 radical (unpaired) electrons. The minimum absolute atomic E-state index is 0.133. The van der Waals surface area contributed by atoms with Crippen LogP contribution in [0.4, 0.5) is 0 Å². The van der Waals surface area contributed by atoms with Crippen LogP contribution in [-0.4, -0.2) is 36.2 Å². The first-order valence-electron chi connectivity index (χ1n) is 6.07.